The first kappa shape index (κ1) is 16.2. The molecule has 0 aliphatic rings. The van der Waals surface area contributed by atoms with Crippen molar-refractivity contribution in [1.82, 2.24) is 5.43 Å². The fraction of sp³-hybridized carbons (Fsp3) is 0.222. The highest BCUT2D eigenvalue weighted by molar-refractivity contribution is 7.80. The smallest absolute Gasteiger partial charge is 0.191 e. The molecule has 2 aromatic carbocycles. The van der Waals surface area contributed by atoms with Gasteiger partial charge in [0.05, 0.1) is 5.71 Å². The Morgan fingerprint density at radius 2 is 1.82 bits per heavy atom. The Hall–Kier alpha value is -2.20. The number of nitrogens with one attached hydrogen (secondary N) is 2. The van der Waals surface area contributed by atoms with Crippen LogP contribution in [0.1, 0.15) is 30.0 Å². The van der Waals surface area contributed by atoms with Gasteiger partial charge in [0.2, 0.25) is 0 Å². The molecule has 0 bridgehead atoms. The third kappa shape index (κ3) is 4.40. The monoisotopic (exact) mass is 311 g/mol. The minimum atomic E-state index is 0.496. The molecule has 2 aromatic rings. The lowest BCUT2D eigenvalue weighted by atomic mass is 10.1. The van der Waals surface area contributed by atoms with Crippen molar-refractivity contribution in [3.8, 4) is 0 Å². The van der Waals surface area contributed by atoms with Crippen molar-refractivity contribution >= 4 is 28.7 Å². The minimum Gasteiger partial charge on any atom is -0.331 e. The van der Waals surface area contributed by atoms with Crippen LogP contribution in [0.2, 0.25) is 0 Å². The Morgan fingerprint density at radius 3 is 2.50 bits per heavy atom. The molecule has 3 nitrogen and oxygen atoms in total. The van der Waals surface area contributed by atoms with Gasteiger partial charge in [-0.15, -0.1) is 0 Å². The van der Waals surface area contributed by atoms with Crippen LogP contribution in [-0.4, -0.2) is 10.8 Å². The fourth-order valence-electron chi connectivity index (χ4n) is 2.12. The molecular weight excluding hydrogens is 290 g/mol. The summed E-state index contributed by atoms with van der Waals surface area (Å²) in [5, 5.41) is 8.11. The lowest BCUT2D eigenvalue weighted by Crippen LogP contribution is -2.25. The van der Waals surface area contributed by atoms with E-state index in [-0.39, 0.29) is 0 Å². The predicted octanol–water partition coefficient (Wildman–Crippen LogP) is 4.40. The Kier molecular flexibility index (Phi) is 5.67. The van der Waals surface area contributed by atoms with Crippen LogP contribution >= 0.6 is 12.2 Å². The Labute approximate surface area is 137 Å². The number of hydrogen-bond acceptors (Lipinski definition) is 2. The third-order valence-electron chi connectivity index (χ3n) is 3.38. The summed E-state index contributed by atoms with van der Waals surface area (Å²) in [4.78, 5) is 0. The van der Waals surface area contributed by atoms with Crippen LogP contribution in [0.4, 0.5) is 5.69 Å². The maximum atomic E-state index is 5.33. The molecule has 0 spiro atoms. The summed E-state index contributed by atoms with van der Waals surface area (Å²) >= 11 is 5.33. The van der Waals surface area contributed by atoms with Gasteiger partial charge in [-0.25, -0.2) is 0 Å². The highest BCUT2D eigenvalue weighted by atomic mass is 32.1. The number of nitrogens with zero attached hydrogens (tertiary/aromatic N) is 1. The van der Waals surface area contributed by atoms with E-state index in [4.69, 9.17) is 12.2 Å². The second kappa shape index (κ2) is 7.71. The zero-order valence-corrected chi connectivity index (χ0v) is 14.0. The molecular formula is C18H21N3S. The minimum absolute atomic E-state index is 0.496. The molecule has 4 heteroatoms. The first-order valence-electron chi connectivity index (χ1n) is 7.36. The van der Waals surface area contributed by atoms with E-state index in [1.54, 1.807) is 0 Å². The van der Waals surface area contributed by atoms with E-state index in [0.29, 0.717) is 5.11 Å². The highest BCUT2D eigenvalue weighted by Crippen LogP contribution is 2.16. The van der Waals surface area contributed by atoms with Crippen LogP contribution in [0.15, 0.2) is 53.6 Å². The van der Waals surface area contributed by atoms with E-state index in [2.05, 4.69) is 54.8 Å². The lowest BCUT2D eigenvalue weighted by Gasteiger charge is -2.12. The van der Waals surface area contributed by atoms with Crippen molar-refractivity contribution in [2.75, 3.05) is 5.32 Å². The topological polar surface area (TPSA) is 36.4 Å². The van der Waals surface area contributed by atoms with Crippen molar-refractivity contribution in [1.29, 1.82) is 0 Å². The highest BCUT2D eigenvalue weighted by Gasteiger charge is 2.03. The molecule has 0 aromatic heterocycles. The number of rotatable bonds is 4. The zero-order chi connectivity index (χ0) is 15.9. The van der Waals surface area contributed by atoms with Crippen molar-refractivity contribution in [3.63, 3.8) is 0 Å². The summed E-state index contributed by atoms with van der Waals surface area (Å²) in [6, 6.07) is 16.3. The average molecular weight is 311 g/mol. The number of thiocarbonyl (C=S) groups is 1. The van der Waals surface area contributed by atoms with Gasteiger partial charge in [0, 0.05) is 5.69 Å². The summed E-state index contributed by atoms with van der Waals surface area (Å²) in [6.07, 6.45) is 0.836. The molecule has 2 rings (SSSR count). The maximum absolute atomic E-state index is 5.33. The van der Waals surface area contributed by atoms with Crippen LogP contribution in [0.5, 0.6) is 0 Å². The SMILES string of the molecule is CCC(=NNC(=S)Nc1cc(C)ccc1C)c1ccccc1. The standard InChI is InChI=1S/C18H21N3S/c1-4-16(15-8-6-5-7-9-15)20-21-18(22)19-17-12-13(2)10-11-14(17)3/h5-12H,4H2,1-3H3,(H2,19,21,22). The van der Waals surface area contributed by atoms with E-state index >= 15 is 0 Å². The summed E-state index contributed by atoms with van der Waals surface area (Å²) in [6.45, 7) is 6.19. The molecule has 0 saturated heterocycles. The lowest BCUT2D eigenvalue weighted by molar-refractivity contribution is 1.02. The summed E-state index contributed by atoms with van der Waals surface area (Å²) < 4.78 is 0. The van der Waals surface area contributed by atoms with Gasteiger partial charge in [0.15, 0.2) is 5.11 Å². The fourth-order valence-corrected chi connectivity index (χ4v) is 2.27. The van der Waals surface area contributed by atoms with Gasteiger partial charge in [-0.2, -0.15) is 5.10 Å². The van der Waals surface area contributed by atoms with E-state index in [1.165, 1.54) is 5.56 Å². The number of benzene rings is 2. The molecule has 22 heavy (non-hydrogen) atoms. The van der Waals surface area contributed by atoms with Crippen molar-refractivity contribution in [2.24, 2.45) is 5.10 Å². The molecule has 0 aliphatic heterocycles. The van der Waals surface area contributed by atoms with E-state index in [9.17, 15) is 0 Å². The van der Waals surface area contributed by atoms with Gasteiger partial charge < -0.3 is 5.32 Å². The Balaban J connectivity index is 2.05. The first-order valence-corrected chi connectivity index (χ1v) is 7.77. The van der Waals surface area contributed by atoms with Crippen LogP contribution in [-0.2, 0) is 0 Å². The zero-order valence-electron chi connectivity index (χ0n) is 13.2. The number of aryl methyl sites for hydroxylation is 2. The second-order valence-electron chi connectivity index (χ2n) is 5.16. The summed E-state index contributed by atoms with van der Waals surface area (Å²) in [7, 11) is 0. The predicted molar refractivity (Wildman–Crippen MR) is 98.5 cm³/mol. The molecule has 0 saturated carbocycles. The number of hydrogen-bond donors (Lipinski definition) is 2. The molecule has 0 amide bonds. The molecule has 0 fully saturated rings. The van der Waals surface area contributed by atoms with Crippen LogP contribution in [0.25, 0.3) is 0 Å². The molecule has 0 atom stereocenters. The van der Waals surface area contributed by atoms with Gasteiger partial charge in [-0.3, -0.25) is 5.43 Å². The molecule has 0 unspecified atom stereocenters. The van der Waals surface area contributed by atoms with Crippen molar-refractivity contribution in [2.45, 2.75) is 27.2 Å². The van der Waals surface area contributed by atoms with Gasteiger partial charge >= 0.3 is 0 Å². The van der Waals surface area contributed by atoms with Gasteiger partial charge in [-0.05, 0) is 55.2 Å². The van der Waals surface area contributed by atoms with Gasteiger partial charge in [0.1, 0.15) is 0 Å². The summed E-state index contributed by atoms with van der Waals surface area (Å²) in [5.74, 6) is 0. The van der Waals surface area contributed by atoms with Gasteiger partial charge in [-0.1, -0.05) is 49.4 Å². The molecule has 114 valence electrons. The van der Waals surface area contributed by atoms with Crippen molar-refractivity contribution < 1.29 is 0 Å². The van der Waals surface area contributed by atoms with Gasteiger partial charge in [0.25, 0.3) is 0 Å². The largest absolute Gasteiger partial charge is 0.331 e. The molecule has 2 N–H and O–H groups in total. The molecule has 0 radical (unpaired) electrons. The summed E-state index contributed by atoms with van der Waals surface area (Å²) in [5.41, 5.74) is 8.36. The van der Waals surface area contributed by atoms with E-state index < -0.39 is 0 Å². The first-order chi connectivity index (χ1) is 10.6. The average Bonchev–Trinajstić information content (AvgIpc) is 2.52. The number of hydrazone groups is 1. The quantitative estimate of drug-likeness (QED) is 0.499. The van der Waals surface area contributed by atoms with E-state index in [1.807, 2.05) is 30.3 Å². The second-order valence-corrected chi connectivity index (χ2v) is 5.57. The molecule has 0 aliphatic carbocycles. The van der Waals surface area contributed by atoms with Crippen molar-refractivity contribution in [3.05, 3.63) is 65.2 Å². The van der Waals surface area contributed by atoms with Crippen LogP contribution in [0, 0.1) is 13.8 Å². The molecule has 0 heterocycles. The maximum Gasteiger partial charge on any atom is 0.191 e. The van der Waals surface area contributed by atoms with Crippen LogP contribution < -0.4 is 10.7 Å². The Bertz CT molecular complexity index is 678. The normalized spacial score (nSPS) is 11.1. The Morgan fingerprint density at radius 1 is 1.09 bits per heavy atom. The van der Waals surface area contributed by atoms with E-state index in [0.717, 1.165) is 28.9 Å². The third-order valence-corrected chi connectivity index (χ3v) is 3.57. The number of anilines is 1. The van der Waals surface area contributed by atoms with Crippen LogP contribution in [0.3, 0.4) is 0 Å².